The van der Waals surface area contributed by atoms with Gasteiger partial charge in [0.25, 0.3) is 12.8 Å². The maximum atomic E-state index is 13.1. The van der Waals surface area contributed by atoms with Gasteiger partial charge < -0.3 is 9.47 Å². The van der Waals surface area contributed by atoms with Crippen molar-refractivity contribution in [2.75, 3.05) is 13.2 Å². The molecule has 0 radical (unpaired) electrons. The Morgan fingerprint density at radius 1 is 0.833 bits per heavy atom. The van der Waals surface area contributed by atoms with E-state index < -0.39 is 55.4 Å². The summed E-state index contributed by atoms with van der Waals surface area (Å²) < 4.78 is 161. The highest BCUT2D eigenvalue weighted by Gasteiger charge is 2.85. The maximum absolute atomic E-state index is 13.1. The molecule has 0 amide bonds. The van der Waals surface area contributed by atoms with Crippen LogP contribution in [-0.2, 0) is 9.47 Å². The molecule has 144 valence electrons. The lowest BCUT2D eigenvalue weighted by Gasteiger charge is -2.38. The summed E-state index contributed by atoms with van der Waals surface area (Å²) in [6, 6.07) is 0. The monoisotopic (exact) mass is 388 g/mol. The lowest BCUT2D eigenvalue weighted by atomic mass is 9.95. The van der Waals surface area contributed by atoms with Crippen molar-refractivity contribution in [3.05, 3.63) is 0 Å². The maximum Gasteiger partial charge on any atom is 0.383 e. The Kier molecular flexibility index (Phi) is 5.65. The van der Waals surface area contributed by atoms with E-state index >= 15 is 0 Å². The highest BCUT2D eigenvalue weighted by molar-refractivity contribution is 5.07. The van der Waals surface area contributed by atoms with Gasteiger partial charge in [-0.25, -0.2) is 17.6 Å². The molecule has 1 heterocycles. The third-order valence-electron chi connectivity index (χ3n) is 2.92. The van der Waals surface area contributed by atoms with Crippen LogP contribution in [0, 0.1) is 0 Å². The van der Waals surface area contributed by atoms with Crippen LogP contribution in [0.4, 0.5) is 52.7 Å². The number of epoxide rings is 1. The van der Waals surface area contributed by atoms with E-state index in [1.807, 2.05) is 0 Å². The van der Waals surface area contributed by atoms with Gasteiger partial charge in [0.15, 0.2) is 0 Å². The normalized spacial score (nSPS) is 22.6. The highest BCUT2D eigenvalue weighted by atomic mass is 19.4. The topological polar surface area (TPSA) is 21.8 Å². The Bertz CT molecular complexity index is 436. The lowest BCUT2D eigenvalue weighted by molar-refractivity contribution is -0.402. The average molecular weight is 388 g/mol. The molecule has 0 N–H and O–H groups in total. The molecular formula is C10H8F12O2. The van der Waals surface area contributed by atoms with Crippen molar-refractivity contribution < 1.29 is 62.2 Å². The molecule has 3 atom stereocenters. The zero-order valence-electron chi connectivity index (χ0n) is 11.1. The van der Waals surface area contributed by atoms with Crippen LogP contribution in [0.1, 0.15) is 0 Å². The minimum Gasteiger partial charge on any atom is -0.371 e. The molecule has 14 heteroatoms. The predicted octanol–water partition coefficient (Wildman–Crippen LogP) is 3.84. The fourth-order valence-corrected chi connectivity index (χ4v) is 1.35. The number of ether oxygens (including phenoxy) is 2. The van der Waals surface area contributed by atoms with Crippen molar-refractivity contribution in [2.24, 2.45) is 0 Å². The second kappa shape index (κ2) is 6.42. The highest BCUT2D eigenvalue weighted by Crippen LogP contribution is 2.56. The molecule has 1 aliphatic rings. The number of alkyl halides is 12. The van der Waals surface area contributed by atoms with Crippen LogP contribution in [-0.4, -0.2) is 62.0 Å². The van der Waals surface area contributed by atoms with Crippen LogP contribution in [0.2, 0.25) is 0 Å². The first-order valence-corrected chi connectivity index (χ1v) is 5.91. The summed E-state index contributed by atoms with van der Waals surface area (Å²) in [6.45, 7) is -1.22. The summed E-state index contributed by atoms with van der Waals surface area (Å²) in [5.41, 5.74) is 0. The summed E-state index contributed by atoms with van der Waals surface area (Å²) in [6.07, 6.45) is -15.6. The van der Waals surface area contributed by atoms with Gasteiger partial charge in [0.05, 0.1) is 13.2 Å². The van der Waals surface area contributed by atoms with E-state index in [2.05, 4.69) is 9.47 Å². The van der Waals surface area contributed by atoms with E-state index in [1.54, 1.807) is 0 Å². The van der Waals surface area contributed by atoms with Gasteiger partial charge in [0, 0.05) is 0 Å². The Hall–Kier alpha value is -0.920. The summed E-state index contributed by atoms with van der Waals surface area (Å²) in [4.78, 5) is 0. The van der Waals surface area contributed by atoms with Gasteiger partial charge in [0.2, 0.25) is 6.17 Å². The van der Waals surface area contributed by atoms with Crippen LogP contribution >= 0.6 is 0 Å². The Labute approximate surface area is 125 Å². The van der Waals surface area contributed by atoms with Gasteiger partial charge in [-0.2, -0.15) is 35.1 Å². The van der Waals surface area contributed by atoms with Crippen molar-refractivity contribution in [3.8, 4) is 0 Å². The molecule has 0 saturated carbocycles. The summed E-state index contributed by atoms with van der Waals surface area (Å²) in [7, 11) is 0. The molecule has 1 saturated heterocycles. The second-order valence-corrected chi connectivity index (χ2v) is 4.74. The largest absolute Gasteiger partial charge is 0.383 e. The molecule has 0 bridgehead atoms. The van der Waals surface area contributed by atoms with E-state index in [9.17, 15) is 52.7 Å². The predicted molar refractivity (Wildman–Crippen MR) is 51.3 cm³/mol. The molecule has 1 rings (SSSR count). The third-order valence-corrected chi connectivity index (χ3v) is 2.92. The standard InChI is InChI=1S/C10H8F12O2/c11-4(5(12)13)7(15,16)9(19,20)10(21,22)8(17,18)6(14)24-2-3-1-23-3/h3-6H,1-2H2. The van der Waals surface area contributed by atoms with E-state index in [4.69, 9.17) is 0 Å². The van der Waals surface area contributed by atoms with Crippen molar-refractivity contribution in [2.45, 2.75) is 48.7 Å². The van der Waals surface area contributed by atoms with Crippen molar-refractivity contribution in [3.63, 3.8) is 0 Å². The van der Waals surface area contributed by atoms with Crippen LogP contribution < -0.4 is 0 Å². The fraction of sp³-hybridized carbons (Fsp3) is 1.00. The summed E-state index contributed by atoms with van der Waals surface area (Å²) in [5, 5.41) is 0. The van der Waals surface area contributed by atoms with Gasteiger partial charge in [-0.05, 0) is 0 Å². The van der Waals surface area contributed by atoms with Gasteiger partial charge in [0.1, 0.15) is 6.10 Å². The van der Waals surface area contributed by atoms with Crippen LogP contribution in [0.15, 0.2) is 0 Å². The summed E-state index contributed by atoms with van der Waals surface area (Å²) >= 11 is 0. The van der Waals surface area contributed by atoms with Crippen LogP contribution in [0.3, 0.4) is 0 Å². The van der Waals surface area contributed by atoms with Crippen molar-refractivity contribution in [1.29, 1.82) is 0 Å². The molecule has 2 nitrogen and oxygen atoms in total. The average Bonchev–Trinajstić information content (AvgIpc) is 3.26. The van der Waals surface area contributed by atoms with E-state index in [0.29, 0.717) is 0 Å². The van der Waals surface area contributed by atoms with E-state index in [1.165, 1.54) is 0 Å². The molecular weight excluding hydrogens is 380 g/mol. The molecule has 0 aromatic rings. The molecule has 1 aliphatic heterocycles. The van der Waals surface area contributed by atoms with Gasteiger partial charge in [-0.1, -0.05) is 0 Å². The molecule has 0 aliphatic carbocycles. The molecule has 24 heavy (non-hydrogen) atoms. The zero-order chi connectivity index (χ0) is 19.1. The molecule has 0 aromatic heterocycles. The van der Waals surface area contributed by atoms with Crippen molar-refractivity contribution in [1.82, 2.24) is 0 Å². The molecule has 1 fully saturated rings. The van der Waals surface area contributed by atoms with Gasteiger partial charge in [-0.15, -0.1) is 0 Å². The fourth-order valence-electron chi connectivity index (χ4n) is 1.35. The van der Waals surface area contributed by atoms with Crippen molar-refractivity contribution >= 4 is 0 Å². The number of hydrogen-bond donors (Lipinski definition) is 0. The first kappa shape index (κ1) is 21.1. The third kappa shape index (κ3) is 3.39. The number of rotatable bonds is 9. The molecule has 0 spiro atoms. The number of hydrogen-bond acceptors (Lipinski definition) is 2. The van der Waals surface area contributed by atoms with E-state index in [0.717, 1.165) is 0 Å². The molecule has 3 unspecified atom stereocenters. The SMILES string of the molecule is FC(F)C(F)C(F)(F)C(F)(F)C(F)(F)C(F)(F)C(F)OCC1CO1. The smallest absolute Gasteiger partial charge is 0.371 e. The second-order valence-electron chi connectivity index (χ2n) is 4.74. The lowest BCUT2D eigenvalue weighted by Crippen LogP contribution is -2.67. The zero-order valence-corrected chi connectivity index (χ0v) is 11.1. The Morgan fingerprint density at radius 2 is 1.25 bits per heavy atom. The first-order chi connectivity index (χ1) is 10.6. The Morgan fingerprint density at radius 3 is 1.62 bits per heavy atom. The summed E-state index contributed by atoms with van der Waals surface area (Å²) in [5.74, 6) is -28.1. The Balaban J connectivity index is 3.07. The first-order valence-electron chi connectivity index (χ1n) is 5.91. The minimum absolute atomic E-state index is 0.138. The van der Waals surface area contributed by atoms with E-state index in [-0.39, 0.29) is 6.61 Å². The molecule has 0 aromatic carbocycles. The number of halogens is 12. The minimum atomic E-state index is -7.36. The van der Waals surface area contributed by atoms with Crippen LogP contribution in [0.25, 0.3) is 0 Å². The van der Waals surface area contributed by atoms with Crippen LogP contribution in [0.5, 0.6) is 0 Å². The van der Waals surface area contributed by atoms with Gasteiger partial charge in [-0.3, -0.25) is 0 Å². The quantitative estimate of drug-likeness (QED) is 0.442. The van der Waals surface area contributed by atoms with Gasteiger partial charge >= 0.3 is 23.7 Å².